The van der Waals surface area contributed by atoms with Gasteiger partial charge in [-0.05, 0) is 74.3 Å². The third-order valence-corrected chi connectivity index (χ3v) is 6.55. The Bertz CT molecular complexity index is 1390. The summed E-state index contributed by atoms with van der Waals surface area (Å²) in [6, 6.07) is 16.5. The second-order valence-corrected chi connectivity index (χ2v) is 8.87. The maximum absolute atomic E-state index is 9.73. The number of nitriles is 1. The van der Waals surface area contributed by atoms with E-state index in [9.17, 15) is 5.26 Å². The predicted molar refractivity (Wildman–Crippen MR) is 142 cm³/mol. The number of hydrogen-bond acceptors (Lipinski definition) is 5. The Hall–Kier alpha value is -4.08. The molecule has 0 spiro atoms. The molecule has 4 aromatic rings. The summed E-state index contributed by atoms with van der Waals surface area (Å²) >= 11 is 0. The minimum absolute atomic E-state index is 0.500. The van der Waals surface area contributed by atoms with Crippen LogP contribution >= 0.6 is 0 Å². The van der Waals surface area contributed by atoms with Gasteiger partial charge in [0.2, 0.25) is 0 Å². The fourth-order valence-electron chi connectivity index (χ4n) is 4.57. The molecule has 0 bridgehead atoms. The van der Waals surface area contributed by atoms with Crippen molar-refractivity contribution in [1.29, 1.82) is 5.26 Å². The van der Waals surface area contributed by atoms with Gasteiger partial charge in [0.1, 0.15) is 18.4 Å². The quantitative estimate of drug-likeness (QED) is 0.329. The molecule has 35 heavy (non-hydrogen) atoms. The highest BCUT2D eigenvalue weighted by Gasteiger charge is 2.12. The summed E-state index contributed by atoms with van der Waals surface area (Å²) in [5, 5.41) is 14.4. The summed E-state index contributed by atoms with van der Waals surface area (Å²) < 4.78 is 6.00. The Morgan fingerprint density at radius 3 is 2.89 bits per heavy atom. The highest BCUT2D eigenvalue weighted by atomic mass is 16.5. The fourth-order valence-corrected chi connectivity index (χ4v) is 4.57. The number of aromatic nitrogens is 2. The van der Waals surface area contributed by atoms with Crippen LogP contribution in [-0.4, -0.2) is 41.1 Å². The molecule has 0 unspecified atom stereocenters. The van der Waals surface area contributed by atoms with Crippen molar-refractivity contribution < 1.29 is 4.74 Å². The molecule has 0 saturated carbocycles. The standard InChI is InChI=1S/C29H29N5O/c1-21-26-11-12-32-28(26)10-9-27(21)33-29-23(19-31-20-24(29)18-30)8-7-22-5-4-6-25(17-22)35-16-15-34-13-2-3-14-34/h4-12,17,19-20,32H,2-3,13-16H2,1H3,(H,31,33). The van der Waals surface area contributed by atoms with Crippen LogP contribution in [0.1, 0.15) is 35.1 Å². The molecular weight excluding hydrogens is 434 g/mol. The van der Waals surface area contributed by atoms with E-state index in [1.165, 1.54) is 25.9 Å². The van der Waals surface area contributed by atoms with Gasteiger partial charge in [0.15, 0.2) is 0 Å². The molecule has 1 saturated heterocycles. The lowest BCUT2D eigenvalue weighted by Gasteiger charge is -2.15. The van der Waals surface area contributed by atoms with Crippen LogP contribution < -0.4 is 10.1 Å². The van der Waals surface area contributed by atoms with E-state index in [4.69, 9.17) is 4.74 Å². The third kappa shape index (κ3) is 5.21. The average molecular weight is 464 g/mol. The number of rotatable bonds is 8. The first kappa shape index (κ1) is 22.7. The van der Waals surface area contributed by atoms with Crippen LogP contribution in [0.5, 0.6) is 5.75 Å². The Morgan fingerprint density at radius 2 is 2.03 bits per heavy atom. The first-order valence-electron chi connectivity index (χ1n) is 12.1. The minimum atomic E-state index is 0.500. The smallest absolute Gasteiger partial charge is 0.119 e. The van der Waals surface area contributed by atoms with Gasteiger partial charge in [-0.1, -0.05) is 24.3 Å². The largest absolute Gasteiger partial charge is 0.492 e. The van der Waals surface area contributed by atoms with Gasteiger partial charge in [-0.15, -0.1) is 0 Å². The van der Waals surface area contributed by atoms with E-state index in [0.717, 1.165) is 51.3 Å². The number of nitrogens with one attached hydrogen (secondary N) is 2. The van der Waals surface area contributed by atoms with Crippen LogP contribution in [0.2, 0.25) is 0 Å². The molecule has 2 N–H and O–H groups in total. The van der Waals surface area contributed by atoms with Gasteiger partial charge in [-0.25, -0.2) is 0 Å². The molecule has 6 nitrogen and oxygen atoms in total. The summed E-state index contributed by atoms with van der Waals surface area (Å²) in [5.74, 6) is 0.865. The molecule has 1 aliphatic heterocycles. The normalized spacial score (nSPS) is 13.9. The zero-order chi connectivity index (χ0) is 24.0. The third-order valence-electron chi connectivity index (χ3n) is 6.55. The number of fused-ring (bicyclic) bond motifs is 1. The number of ether oxygens (including phenoxy) is 1. The lowest BCUT2D eigenvalue weighted by atomic mass is 10.1. The van der Waals surface area contributed by atoms with Crippen molar-refractivity contribution in [1.82, 2.24) is 14.9 Å². The molecule has 2 aromatic heterocycles. The molecule has 6 heteroatoms. The van der Waals surface area contributed by atoms with E-state index in [0.29, 0.717) is 12.2 Å². The van der Waals surface area contributed by atoms with Crippen molar-refractivity contribution >= 4 is 34.4 Å². The van der Waals surface area contributed by atoms with Crippen molar-refractivity contribution in [2.24, 2.45) is 0 Å². The van der Waals surface area contributed by atoms with Gasteiger partial charge in [0, 0.05) is 47.3 Å². The number of anilines is 2. The summed E-state index contributed by atoms with van der Waals surface area (Å²) in [5.41, 5.74) is 6.29. The average Bonchev–Trinajstić information content (AvgIpc) is 3.58. The number of pyridine rings is 1. The number of hydrogen-bond donors (Lipinski definition) is 2. The van der Waals surface area contributed by atoms with Crippen molar-refractivity contribution in [3.63, 3.8) is 0 Å². The highest BCUT2D eigenvalue weighted by molar-refractivity contribution is 5.90. The minimum Gasteiger partial charge on any atom is -0.492 e. The van der Waals surface area contributed by atoms with Crippen LogP contribution in [0.25, 0.3) is 23.1 Å². The van der Waals surface area contributed by atoms with Crippen LogP contribution in [0.15, 0.2) is 61.1 Å². The summed E-state index contributed by atoms with van der Waals surface area (Å²) in [7, 11) is 0. The van der Waals surface area contributed by atoms with E-state index < -0.39 is 0 Å². The van der Waals surface area contributed by atoms with Gasteiger partial charge < -0.3 is 15.0 Å². The molecular formula is C29H29N5O. The SMILES string of the molecule is Cc1c(Nc2c(C#N)cncc2C=Cc2cccc(OCCN3CCCC3)c2)ccc2[nH]ccc12. The van der Waals surface area contributed by atoms with E-state index in [2.05, 4.69) is 39.2 Å². The number of aromatic amines is 1. The van der Waals surface area contributed by atoms with E-state index in [-0.39, 0.29) is 0 Å². The summed E-state index contributed by atoms with van der Waals surface area (Å²) in [6.07, 6.45) is 11.9. The van der Waals surface area contributed by atoms with E-state index >= 15 is 0 Å². The topological polar surface area (TPSA) is 77.0 Å². The first-order valence-corrected chi connectivity index (χ1v) is 12.1. The van der Waals surface area contributed by atoms with Crippen LogP contribution in [0, 0.1) is 18.3 Å². The zero-order valence-electron chi connectivity index (χ0n) is 19.9. The van der Waals surface area contributed by atoms with Crippen LogP contribution in [0.3, 0.4) is 0 Å². The molecule has 176 valence electrons. The Kier molecular flexibility index (Phi) is 6.78. The molecule has 0 radical (unpaired) electrons. The monoisotopic (exact) mass is 463 g/mol. The van der Waals surface area contributed by atoms with Crippen molar-refractivity contribution in [3.8, 4) is 11.8 Å². The van der Waals surface area contributed by atoms with E-state index in [1.807, 2.05) is 54.7 Å². The van der Waals surface area contributed by atoms with Crippen LogP contribution in [0.4, 0.5) is 11.4 Å². The molecule has 0 amide bonds. The number of likely N-dealkylation sites (tertiary alicyclic amines) is 1. The van der Waals surface area contributed by atoms with Gasteiger partial charge in [0.05, 0.1) is 11.3 Å². The number of benzene rings is 2. The molecule has 0 atom stereocenters. The van der Waals surface area contributed by atoms with Gasteiger partial charge in [-0.2, -0.15) is 5.26 Å². The maximum Gasteiger partial charge on any atom is 0.119 e. The molecule has 1 aliphatic rings. The second kappa shape index (κ2) is 10.5. The van der Waals surface area contributed by atoms with Crippen molar-refractivity contribution in [2.45, 2.75) is 19.8 Å². The van der Waals surface area contributed by atoms with Crippen molar-refractivity contribution in [2.75, 3.05) is 31.6 Å². The molecule has 2 aromatic carbocycles. The number of nitrogens with zero attached hydrogens (tertiary/aromatic N) is 3. The molecule has 3 heterocycles. The fraction of sp³-hybridized carbons (Fsp3) is 0.241. The lowest BCUT2D eigenvalue weighted by Crippen LogP contribution is -2.25. The van der Waals surface area contributed by atoms with E-state index in [1.54, 1.807) is 12.4 Å². The lowest BCUT2D eigenvalue weighted by molar-refractivity contribution is 0.238. The summed E-state index contributed by atoms with van der Waals surface area (Å²) in [6.45, 7) is 6.10. The Labute approximate surface area is 205 Å². The van der Waals surface area contributed by atoms with Crippen molar-refractivity contribution in [3.05, 3.63) is 83.3 Å². The second-order valence-electron chi connectivity index (χ2n) is 8.87. The molecule has 0 aliphatic carbocycles. The molecule has 5 rings (SSSR count). The van der Waals surface area contributed by atoms with Crippen LogP contribution in [-0.2, 0) is 0 Å². The van der Waals surface area contributed by atoms with Gasteiger partial charge in [-0.3, -0.25) is 9.88 Å². The number of aryl methyl sites for hydroxylation is 1. The Balaban J connectivity index is 1.35. The molecule has 1 fully saturated rings. The zero-order valence-corrected chi connectivity index (χ0v) is 19.9. The Morgan fingerprint density at radius 1 is 1.14 bits per heavy atom. The predicted octanol–water partition coefficient (Wildman–Crippen LogP) is 6.13. The summed E-state index contributed by atoms with van der Waals surface area (Å²) in [4.78, 5) is 9.97. The van der Waals surface area contributed by atoms with Gasteiger partial charge >= 0.3 is 0 Å². The first-order chi connectivity index (χ1) is 17.2. The highest BCUT2D eigenvalue weighted by Crippen LogP contribution is 2.31. The maximum atomic E-state index is 9.73. The van der Waals surface area contributed by atoms with Gasteiger partial charge in [0.25, 0.3) is 0 Å². The number of H-pyrrole nitrogens is 1.